The summed E-state index contributed by atoms with van der Waals surface area (Å²) in [6, 6.07) is 23.2. The fourth-order valence-corrected chi connectivity index (χ4v) is 12.2. The lowest BCUT2D eigenvalue weighted by Crippen LogP contribution is -2.55. The molecule has 4 fully saturated rings. The second-order valence-corrected chi connectivity index (χ2v) is 21.7. The number of likely N-dealkylation sites (tertiary alicyclic amines) is 1. The number of sulfonamides is 1. The summed E-state index contributed by atoms with van der Waals surface area (Å²) in [7, 11) is -4.55. The van der Waals surface area contributed by atoms with Crippen molar-refractivity contribution in [3.63, 3.8) is 0 Å². The van der Waals surface area contributed by atoms with Gasteiger partial charge in [-0.1, -0.05) is 45.0 Å². The molecule has 1 atom stereocenters. The highest BCUT2D eigenvalue weighted by molar-refractivity contribution is 7.90. The largest absolute Gasteiger partial charge is 0.474 e. The highest BCUT2D eigenvalue weighted by atomic mass is 32.2. The van der Waals surface area contributed by atoms with Crippen LogP contribution in [0.5, 0.6) is 5.88 Å². The molecule has 0 radical (unpaired) electrons. The van der Waals surface area contributed by atoms with Crippen LogP contribution in [-0.2, 0) is 20.2 Å². The van der Waals surface area contributed by atoms with Crippen LogP contribution in [0, 0.1) is 21.4 Å². The van der Waals surface area contributed by atoms with E-state index >= 15 is 0 Å². The Morgan fingerprint density at radius 1 is 0.939 bits per heavy atom. The number of piperidine rings is 1. The Balaban J connectivity index is 0.884. The number of amides is 1. The smallest absolute Gasteiger partial charge is 0.293 e. The van der Waals surface area contributed by atoms with Crippen molar-refractivity contribution in [1.82, 2.24) is 19.6 Å². The maximum absolute atomic E-state index is 14.3. The fraction of sp³-hybridized carbons (Fsp3) is 0.480. The van der Waals surface area contributed by atoms with Gasteiger partial charge in [0.2, 0.25) is 5.88 Å². The first-order valence-electron chi connectivity index (χ1n) is 23.6. The van der Waals surface area contributed by atoms with Crippen molar-refractivity contribution in [2.45, 2.75) is 94.5 Å². The second kappa shape index (κ2) is 17.5. The molecule has 6 heterocycles. The van der Waals surface area contributed by atoms with Crippen LogP contribution in [0.3, 0.4) is 0 Å². The zero-order valence-corrected chi connectivity index (χ0v) is 38.9. The molecule has 16 heteroatoms. The molecule has 5 aromatic rings. The molecule has 1 spiro atoms. The summed E-state index contributed by atoms with van der Waals surface area (Å²) in [5.41, 5.74) is 6.08. The minimum Gasteiger partial charge on any atom is -0.474 e. The van der Waals surface area contributed by atoms with Crippen LogP contribution >= 0.6 is 0 Å². The summed E-state index contributed by atoms with van der Waals surface area (Å²) < 4.78 is 41.5. The number of carbonyl (C=O) groups excluding carboxylic acids is 1. The number of benzene rings is 3. The number of nitrogens with zero attached hydrogens (tertiary/aromatic N) is 5. The first kappa shape index (κ1) is 44.1. The number of pyridine rings is 1. The Hall–Kier alpha value is -5.71. The van der Waals surface area contributed by atoms with Crippen molar-refractivity contribution in [3.8, 4) is 5.88 Å². The number of H-pyrrole nitrogens is 1. The van der Waals surface area contributed by atoms with E-state index in [-0.39, 0.29) is 27.5 Å². The third kappa shape index (κ3) is 8.58. The predicted molar refractivity (Wildman–Crippen MR) is 256 cm³/mol. The van der Waals surface area contributed by atoms with Gasteiger partial charge in [-0.3, -0.25) is 19.8 Å². The summed E-state index contributed by atoms with van der Waals surface area (Å²) in [6.07, 6.45) is 10.5. The summed E-state index contributed by atoms with van der Waals surface area (Å²) in [5.74, 6) is -0.170. The molecule has 1 saturated carbocycles. The third-order valence-electron chi connectivity index (χ3n) is 14.9. The number of hydrogen-bond acceptors (Lipinski definition) is 12. The first-order valence-corrected chi connectivity index (χ1v) is 25.0. The van der Waals surface area contributed by atoms with E-state index in [1.807, 2.05) is 29.2 Å². The minimum absolute atomic E-state index is 0.0931. The van der Waals surface area contributed by atoms with E-state index in [1.165, 1.54) is 48.9 Å². The summed E-state index contributed by atoms with van der Waals surface area (Å²) >= 11 is 0. The molecule has 66 heavy (non-hydrogen) atoms. The maximum atomic E-state index is 14.3. The van der Waals surface area contributed by atoms with E-state index in [4.69, 9.17) is 14.5 Å². The molecular weight excluding hydrogens is 857 g/mol. The molecule has 0 bridgehead atoms. The van der Waals surface area contributed by atoms with Crippen molar-refractivity contribution < 1.29 is 27.6 Å². The summed E-state index contributed by atoms with van der Waals surface area (Å²) in [4.78, 5) is 40.5. The number of nitro benzene ring substituents is 1. The van der Waals surface area contributed by atoms with Crippen LogP contribution < -0.4 is 24.6 Å². The van der Waals surface area contributed by atoms with Gasteiger partial charge in [-0.25, -0.2) is 13.1 Å². The average molecular weight is 917 g/mol. The number of ether oxygens (including phenoxy) is 2. The Bertz CT molecular complexity index is 2750. The number of fused-ring (bicyclic) bond motifs is 2. The lowest BCUT2D eigenvalue weighted by Gasteiger charge is -2.56. The Kier molecular flexibility index (Phi) is 11.7. The molecule has 1 aliphatic carbocycles. The minimum atomic E-state index is -4.55. The van der Waals surface area contributed by atoms with Gasteiger partial charge < -0.3 is 29.6 Å². The quantitative estimate of drug-likeness (QED) is 0.0850. The van der Waals surface area contributed by atoms with Gasteiger partial charge >= 0.3 is 0 Å². The van der Waals surface area contributed by atoms with Gasteiger partial charge in [0, 0.05) is 68.3 Å². The normalized spacial score (nSPS) is 20.5. The number of rotatable bonds is 11. The van der Waals surface area contributed by atoms with Gasteiger partial charge in [-0.05, 0) is 128 Å². The van der Waals surface area contributed by atoms with Crippen LogP contribution in [-0.4, -0.2) is 92.7 Å². The van der Waals surface area contributed by atoms with Crippen LogP contribution in [0.2, 0.25) is 0 Å². The maximum Gasteiger partial charge on any atom is 0.293 e. The van der Waals surface area contributed by atoms with Crippen LogP contribution in [0.15, 0.2) is 83.9 Å². The Labute approximate surface area is 386 Å². The van der Waals surface area contributed by atoms with Crippen molar-refractivity contribution in [2.75, 3.05) is 67.7 Å². The molecule has 3 aromatic carbocycles. The molecule has 0 unspecified atom stereocenters. The van der Waals surface area contributed by atoms with Gasteiger partial charge in [-0.2, -0.15) is 4.98 Å². The van der Waals surface area contributed by atoms with E-state index in [1.54, 1.807) is 12.3 Å². The number of carbonyl (C=O) groups is 1. The molecule has 1 amide bonds. The standard InChI is InChI=1S/C50H60N8O7S/c1-49(2,3)40-8-5-4-7-38(40)42-9-6-20-56(42)36-30-50(31-36)17-21-55(22-18-50)35-10-12-39(43(28-35)57-23-26-65-48-45(57)27-34-14-19-51-46(34)53-48)47(59)54-66(62,63)37-11-13-41(44(29-37)58(60)61)52-32-33-15-24-64-25-16-33/h4-5,7-8,10-14,19,27-29,33,36,42,52H,6,9,15-18,20-26,30-32H2,1-3H3,(H,51,53)(H,54,59)/t42-/m0/s1. The highest BCUT2D eigenvalue weighted by Gasteiger charge is 2.50. The van der Waals surface area contributed by atoms with Gasteiger partial charge in [0.1, 0.15) is 23.6 Å². The number of anilines is 4. The molecule has 4 aliphatic heterocycles. The van der Waals surface area contributed by atoms with E-state index in [2.05, 4.69) is 69.9 Å². The monoisotopic (exact) mass is 916 g/mol. The first-order chi connectivity index (χ1) is 31.7. The number of hydrogen-bond donors (Lipinski definition) is 3. The lowest BCUT2D eigenvalue weighted by atomic mass is 9.59. The van der Waals surface area contributed by atoms with Crippen molar-refractivity contribution in [3.05, 3.63) is 106 Å². The van der Waals surface area contributed by atoms with E-state index < -0.39 is 26.5 Å². The molecule has 5 aliphatic rings. The number of aromatic amines is 1. The van der Waals surface area contributed by atoms with Gasteiger partial charge in [0.05, 0.1) is 27.6 Å². The summed E-state index contributed by atoms with van der Waals surface area (Å²) in [6.45, 7) is 12.3. The zero-order valence-electron chi connectivity index (χ0n) is 38.1. The third-order valence-corrected chi connectivity index (χ3v) is 16.2. The highest BCUT2D eigenvalue weighted by Crippen LogP contribution is 2.54. The SMILES string of the molecule is CC(C)(C)c1ccccc1[C@@H]1CCCN1C1CC2(CCN(c3ccc(C(=O)NS(=O)(=O)c4ccc(NCC5CCOCC5)c([N+](=O)[O-])c4)c(N4CCOc5nc6[nH]ccc6cc54)c3)CC2)C1. The molecule has 3 saturated heterocycles. The zero-order chi connectivity index (χ0) is 45.8. The average Bonchev–Trinajstić information content (AvgIpc) is 3.99. The van der Waals surface area contributed by atoms with E-state index in [0.717, 1.165) is 62.5 Å². The molecule has 3 N–H and O–H groups in total. The van der Waals surface area contributed by atoms with Crippen LogP contribution in [0.25, 0.3) is 11.0 Å². The molecule has 15 nitrogen and oxygen atoms in total. The van der Waals surface area contributed by atoms with Crippen molar-refractivity contribution in [2.24, 2.45) is 11.3 Å². The Morgan fingerprint density at radius 2 is 1.73 bits per heavy atom. The Morgan fingerprint density at radius 3 is 2.50 bits per heavy atom. The fourth-order valence-electron chi connectivity index (χ4n) is 11.3. The van der Waals surface area contributed by atoms with E-state index in [9.17, 15) is 23.3 Å². The summed E-state index contributed by atoms with van der Waals surface area (Å²) in [5, 5.41) is 16.2. The van der Waals surface area contributed by atoms with E-state index in [0.29, 0.717) is 73.3 Å². The topological polar surface area (TPSA) is 175 Å². The predicted octanol–water partition coefficient (Wildman–Crippen LogP) is 8.84. The molecule has 2 aromatic heterocycles. The molecule has 10 rings (SSSR count). The number of aromatic nitrogens is 2. The van der Waals surface area contributed by atoms with Crippen molar-refractivity contribution in [1.29, 1.82) is 0 Å². The van der Waals surface area contributed by atoms with Crippen molar-refractivity contribution >= 4 is 55.4 Å². The van der Waals surface area contributed by atoms with Crippen LogP contribution in [0.1, 0.15) is 99.7 Å². The van der Waals surface area contributed by atoms with Gasteiger partial charge in [0.15, 0.2) is 0 Å². The van der Waals surface area contributed by atoms with Gasteiger partial charge in [-0.15, -0.1) is 0 Å². The second-order valence-electron chi connectivity index (χ2n) is 20.0. The molecular formula is C50H60N8O7S. The molecule has 348 valence electrons. The van der Waals surface area contributed by atoms with Crippen LogP contribution in [0.4, 0.5) is 28.4 Å². The van der Waals surface area contributed by atoms with Gasteiger partial charge in [0.25, 0.3) is 21.6 Å². The number of nitrogens with one attached hydrogen (secondary N) is 3. The lowest BCUT2D eigenvalue weighted by molar-refractivity contribution is -0.384. The number of nitro groups is 1.